The molecule has 1 unspecified atom stereocenters. The summed E-state index contributed by atoms with van der Waals surface area (Å²) < 4.78 is 5.89. The predicted octanol–water partition coefficient (Wildman–Crippen LogP) is 15.4. The fraction of sp³-hybridized carbons (Fsp3) is 0.706. The van der Waals surface area contributed by atoms with Gasteiger partial charge >= 0.3 is 0 Å². The van der Waals surface area contributed by atoms with Gasteiger partial charge in [0.05, 0.1) is 13.2 Å². The van der Waals surface area contributed by atoms with E-state index in [4.69, 9.17) is 9.73 Å². The molecule has 3 rings (SSSR count). The molecule has 0 saturated heterocycles. The Hall–Kier alpha value is -2.39. The molecule has 2 aromatic rings. The van der Waals surface area contributed by atoms with Gasteiger partial charge in [-0.1, -0.05) is 166 Å². The van der Waals surface area contributed by atoms with Crippen molar-refractivity contribution in [2.45, 2.75) is 181 Å². The van der Waals surface area contributed by atoms with Gasteiger partial charge in [-0.25, -0.2) is 0 Å². The number of benzene rings is 2. The molecule has 3 heteroatoms. The van der Waals surface area contributed by atoms with Crippen LogP contribution in [0.5, 0.6) is 5.75 Å². The van der Waals surface area contributed by atoms with E-state index in [2.05, 4.69) is 143 Å². The molecule has 3 nitrogen and oxygen atoms in total. The van der Waals surface area contributed by atoms with Crippen molar-refractivity contribution in [1.29, 1.82) is 0 Å². The maximum Gasteiger partial charge on any atom is 0.145 e. The van der Waals surface area contributed by atoms with Crippen molar-refractivity contribution in [2.75, 3.05) is 13.2 Å². The third-order valence-electron chi connectivity index (χ3n) is 11.5. The number of hydrogen-bond acceptors (Lipinski definition) is 3. The third kappa shape index (κ3) is 14.6. The molecule has 0 fully saturated rings. The minimum atomic E-state index is -0.143. The molecule has 2 aromatic carbocycles. The second-order valence-corrected chi connectivity index (χ2v) is 24.3. The lowest BCUT2D eigenvalue weighted by Crippen LogP contribution is -2.36. The van der Waals surface area contributed by atoms with Gasteiger partial charge in [-0.15, -0.1) is 0 Å². The lowest BCUT2D eigenvalue weighted by molar-refractivity contribution is 0.0478. The number of phenols is 1. The second-order valence-electron chi connectivity index (χ2n) is 24.3. The summed E-state index contributed by atoms with van der Waals surface area (Å²) in [7, 11) is 0. The van der Waals surface area contributed by atoms with E-state index < -0.39 is 0 Å². The van der Waals surface area contributed by atoms with Crippen molar-refractivity contribution in [3.05, 3.63) is 70.8 Å². The Kier molecular flexibility index (Phi) is 14.1. The molecule has 1 N–H and O–H groups in total. The SMILES string of the molecule is CC1=CCOCC1c1cc(C(C)(C)CC(C)(C)CC(C)(C)CC(C)(C)CC(C)(C)CC(C)(C)CC(C)(C)CC(C)(C)C)cc(N=Cc2ccccc2)c1O. The number of rotatable bonds is 17. The van der Waals surface area contributed by atoms with Crippen LogP contribution in [0.3, 0.4) is 0 Å². The summed E-state index contributed by atoms with van der Waals surface area (Å²) in [6.07, 6.45) is 12.3. The highest BCUT2D eigenvalue weighted by molar-refractivity contribution is 5.83. The van der Waals surface area contributed by atoms with E-state index >= 15 is 0 Å². The lowest BCUT2D eigenvalue weighted by atomic mass is 9.59. The summed E-state index contributed by atoms with van der Waals surface area (Å²) in [6, 6.07) is 14.5. The number of nitrogens with zero attached hydrogens (tertiary/aromatic N) is 1. The van der Waals surface area contributed by atoms with E-state index in [0.29, 0.717) is 29.7 Å². The zero-order valence-electron chi connectivity index (χ0n) is 38.4. The molecule has 0 bridgehead atoms. The minimum Gasteiger partial charge on any atom is -0.505 e. The van der Waals surface area contributed by atoms with Crippen LogP contribution in [0.1, 0.15) is 192 Å². The summed E-state index contributed by atoms with van der Waals surface area (Å²) in [4.78, 5) is 4.87. The molecule has 1 aliphatic rings. The van der Waals surface area contributed by atoms with E-state index in [1.165, 1.54) is 43.2 Å². The fourth-order valence-electron chi connectivity index (χ4n) is 12.7. The summed E-state index contributed by atoms with van der Waals surface area (Å²) in [5, 5.41) is 11.7. The van der Waals surface area contributed by atoms with E-state index in [0.717, 1.165) is 24.0 Å². The fourth-order valence-corrected chi connectivity index (χ4v) is 12.7. The van der Waals surface area contributed by atoms with Gasteiger partial charge in [0, 0.05) is 17.7 Å². The van der Waals surface area contributed by atoms with E-state index in [1.54, 1.807) is 0 Å². The second kappa shape index (κ2) is 16.6. The van der Waals surface area contributed by atoms with Gasteiger partial charge in [0.15, 0.2) is 0 Å². The van der Waals surface area contributed by atoms with Crippen molar-refractivity contribution in [3.8, 4) is 5.75 Å². The summed E-state index contributed by atoms with van der Waals surface area (Å²) >= 11 is 0. The highest BCUT2D eigenvalue weighted by Gasteiger charge is 2.42. The van der Waals surface area contributed by atoms with Crippen LogP contribution >= 0.6 is 0 Å². The number of aromatic hydroxyl groups is 1. The first-order chi connectivity index (χ1) is 24.3. The van der Waals surface area contributed by atoms with Gasteiger partial charge < -0.3 is 9.84 Å². The third-order valence-corrected chi connectivity index (χ3v) is 11.5. The molecule has 1 aliphatic heterocycles. The van der Waals surface area contributed by atoms with Crippen LogP contribution in [0.4, 0.5) is 5.69 Å². The standard InChI is InChI=1S/C51H83NO2/c1-37-24-25-54-29-41(37)40-26-39(27-42(43(40)53)52-28-38-22-20-19-21-23-38)51(17,18)36-50(15,16)35-49(13,14)34-48(11,12)33-47(9,10)32-46(7,8)31-45(5,6)30-44(2,3)4/h19-24,26-28,41,53H,25,29-36H2,1-18H3. The smallest absolute Gasteiger partial charge is 0.145 e. The molecule has 0 amide bonds. The van der Waals surface area contributed by atoms with Crippen molar-refractivity contribution in [1.82, 2.24) is 0 Å². The maximum absolute atomic E-state index is 11.7. The van der Waals surface area contributed by atoms with Crippen molar-refractivity contribution in [2.24, 2.45) is 42.9 Å². The molecule has 1 atom stereocenters. The number of phenolic OH excluding ortho intramolecular Hbond substituents is 1. The van der Waals surface area contributed by atoms with Crippen LogP contribution < -0.4 is 0 Å². The first kappa shape index (κ1) is 46.0. The minimum absolute atomic E-state index is 0.0131. The average molecular weight is 742 g/mol. The first-order valence-corrected chi connectivity index (χ1v) is 21.0. The van der Waals surface area contributed by atoms with Gasteiger partial charge in [-0.05, 0) is 112 Å². The Bertz CT molecular complexity index is 1590. The molecule has 0 aliphatic carbocycles. The van der Waals surface area contributed by atoms with Gasteiger partial charge in [0.25, 0.3) is 0 Å². The Labute approximate surface area is 334 Å². The van der Waals surface area contributed by atoms with E-state index in [-0.39, 0.29) is 44.2 Å². The molecular weight excluding hydrogens is 659 g/mol. The highest BCUT2D eigenvalue weighted by atomic mass is 16.5. The molecule has 54 heavy (non-hydrogen) atoms. The van der Waals surface area contributed by atoms with Crippen molar-refractivity contribution in [3.63, 3.8) is 0 Å². The Morgan fingerprint density at radius 1 is 0.630 bits per heavy atom. The Balaban J connectivity index is 1.81. The predicted molar refractivity (Wildman–Crippen MR) is 237 cm³/mol. The van der Waals surface area contributed by atoms with Crippen molar-refractivity contribution >= 4 is 11.9 Å². The number of hydrogen-bond donors (Lipinski definition) is 1. The zero-order valence-corrected chi connectivity index (χ0v) is 38.4. The van der Waals surface area contributed by atoms with E-state index in [9.17, 15) is 5.11 Å². The monoisotopic (exact) mass is 742 g/mol. The van der Waals surface area contributed by atoms with Gasteiger partial charge in [-0.2, -0.15) is 0 Å². The van der Waals surface area contributed by atoms with Gasteiger partial charge in [-0.3, -0.25) is 4.99 Å². The zero-order chi connectivity index (χ0) is 41.2. The van der Waals surface area contributed by atoms with Crippen molar-refractivity contribution < 1.29 is 9.84 Å². The van der Waals surface area contributed by atoms with Crippen LogP contribution in [0.2, 0.25) is 0 Å². The van der Waals surface area contributed by atoms with Gasteiger partial charge in [0.1, 0.15) is 11.4 Å². The Morgan fingerprint density at radius 3 is 1.52 bits per heavy atom. The van der Waals surface area contributed by atoms with E-state index in [1.807, 2.05) is 36.5 Å². The van der Waals surface area contributed by atoms with Crippen LogP contribution in [0.15, 0.2) is 59.1 Å². The molecule has 304 valence electrons. The first-order valence-electron chi connectivity index (χ1n) is 21.0. The number of aliphatic imine (C=N–C) groups is 1. The van der Waals surface area contributed by atoms with Gasteiger partial charge in [0.2, 0.25) is 0 Å². The molecule has 0 aromatic heterocycles. The summed E-state index contributed by atoms with van der Waals surface area (Å²) in [5.41, 5.74) is 6.58. The normalized spacial score (nSPS) is 17.3. The number of ether oxygens (including phenoxy) is 1. The molecule has 0 radical (unpaired) electrons. The highest BCUT2D eigenvalue weighted by Crippen LogP contribution is 2.53. The summed E-state index contributed by atoms with van der Waals surface area (Å²) in [5.74, 6) is 0.270. The largest absolute Gasteiger partial charge is 0.505 e. The topological polar surface area (TPSA) is 41.8 Å². The van der Waals surface area contributed by atoms with Crippen LogP contribution in [-0.2, 0) is 10.2 Å². The van der Waals surface area contributed by atoms with Crippen LogP contribution in [0.25, 0.3) is 0 Å². The molecule has 1 heterocycles. The quantitative estimate of drug-likeness (QED) is 0.130. The maximum atomic E-state index is 11.7. The molecule has 0 spiro atoms. The molecular formula is C51H83NO2. The average Bonchev–Trinajstić information content (AvgIpc) is 2.92. The van der Waals surface area contributed by atoms with Crippen LogP contribution in [0, 0.1) is 37.9 Å². The lowest BCUT2D eigenvalue weighted by Gasteiger charge is -2.47. The Morgan fingerprint density at radius 2 is 1.07 bits per heavy atom. The summed E-state index contributed by atoms with van der Waals surface area (Å²) in [6.45, 7) is 45.2. The molecule has 0 saturated carbocycles. The van der Waals surface area contributed by atoms with Crippen LogP contribution in [-0.4, -0.2) is 24.5 Å².